The highest BCUT2D eigenvalue weighted by atomic mass is 32.2. The Morgan fingerprint density at radius 1 is 0.952 bits per heavy atom. The van der Waals surface area contributed by atoms with Crippen LogP contribution >= 0.6 is 0 Å². The molecule has 0 aliphatic carbocycles. The van der Waals surface area contributed by atoms with Gasteiger partial charge in [-0.2, -0.15) is 13.2 Å². The first-order valence-corrected chi connectivity index (χ1v) is 7.14. The van der Waals surface area contributed by atoms with E-state index in [4.69, 9.17) is 5.14 Å². The van der Waals surface area contributed by atoms with E-state index in [1.54, 1.807) is 0 Å². The Kier molecular flexibility index (Phi) is 3.77. The van der Waals surface area contributed by atoms with Gasteiger partial charge in [0.05, 0.1) is 10.5 Å². The molecule has 3 nitrogen and oxygen atoms in total. The molecule has 0 aliphatic heterocycles. The van der Waals surface area contributed by atoms with Crippen LogP contribution in [-0.4, -0.2) is 8.42 Å². The molecule has 0 unspecified atom stereocenters. The Bertz CT molecular complexity index is 785. The van der Waals surface area contributed by atoms with E-state index < -0.39 is 32.5 Å². The normalized spacial score (nSPS) is 12.4. The van der Waals surface area contributed by atoms with Crippen molar-refractivity contribution in [2.75, 3.05) is 0 Å². The summed E-state index contributed by atoms with van der Waals surface area (Å²) in [4.78, 5) is -0.776. The van der Waals surface area contributed by atoms with Crippen molar-refractivity contribution in [3.8, 4) is 11.1 Å². The molecule has 0 aromatic heterocycles. The first-order chi connectivity index (χ1) is 9.60. The molecule has 0 atom stereocenters. The summed E-state index contributed by atoms with van der Waals surface area (Å²) in [6.45, 7) is 0. The van der Waals surface area contributed by atoms with Crippen LogP contribution in [0.1, 0.15) is 5.56 Å². The number of alkyl halides is 3. The van der Waals surface area contributed by atoms with Crippen LogP contribution < -0.4 is 5.14 Å². The number of benzene rings is 2. The molecular formula is C13H9F4NO2S. The topological polar surface area (TPSA) is 60.2 Å². The molecule has 21 heavy (non-hydrogen) atoms. The number of rotatable bonds is 2. The third kappa shape index (κ3) is 3.22. The van der Waals surface area contributed by atoms with Crippen LogP contribution in [0.2, 0.25) is 0 Å². The lowest BCUT2D eigenvalue weighted by molar-refractivity contribution is -0.137. The second-order valence-electron chi connectivity index (χ2n) is 4.23. The Morgan fingerprint density at radius 2 is 1.57 bits per heavy atom. The summed E-state index contributed by atoms with van der Waals surface area (Å²) in [5.41, 5.74) is -1.54. The Morgan fingerprint density at radius 3 is 2.10 bits per heavy atom. The van der Waals surface area contributed by atoms with Gasteiger partial charge >= 0.3 is 6.18 Å². The quantitative estimate of drug-likeness (QED) is 0.864. The lowest BCUT2D eigenvalue weighted by Gasteiger charge is -2.13. The Hall–Kier alpha value is -1.93. The molecular weight excluding hydrogens is 310 g/mol. The molecule has 0 amide bonds. The van der Waals surface area contributed by atoms with Gasteiger partial charge in [0.15, 0.2) is 0 Å². The van der Waals surface area contributed by atoms with E-state index in [9.17, 15) is 26.0 Å². The lowest BCUT2D eigenvalue weighted by Crippen LogP contribution is -2.15. The van der Waals surface area contributed by atoms with Gasteiger partial charge in [0.2, 0.25) is 10.0 Å². The molecule has 2 rings (SSSR count). The molecule has 0 fully saturated rings. The van der Waals surface area contributed by atoms with Gasteiger partial charge in [0.1, 0.15) is 5.82 Å². The molecule has 2 aromatic carbocycles. The molecule has 0 aliphatic rings. The van der Waals surface area contributed by atoms with Gasteiger partial charge in [0, 0.05) is 11.1 Å². The summed E-state index contributed by atoms with van der Waals surface area (Å²) in [5, 5.41) is 4.94. The second-order valence-corrected chi connectivity index (χ2v) is 5.76. The van der Waals surface area contributed by atoms with E-state index in [0.29, 0.717) is 12.1 Å². The monoisotopic (exact) mass is 319 g/mol. The van der Waals surface area contributed by atoms with Crippen LogP contribution in [0.25, 0.3) is 11.1 Å². The first kappa shape index (κ1) is 15.5. The number of primary sulfonamides is 1. The number of sulfonamides is 1. The van der Waals surface area contributed by atoms with Crippen molar-refractivity contribution in [1.29, 1.82) is 0 Å². The van der Waals surface area contributed by atoms with E-state index in [0.717, 1.165) is 12.1 Å². The van der Waals surface area contributed by atoms with Gasteiger partial charge in [0.25, 0.3) is 0 Å². The fourth-order valence-corrected chi connectivity index (χ4v) is 2.61. The Labute approximate surface area is 118 Å². The fourth-order valence-electron chi connectivity index (χ4n) is 1.84. The maximum Gasteiger partial charge on any atom is 0.416 e. The van der Waals surface area contributed by atoms with Crippen molar-refractivity contribution >= 4 is 10.0 Å². The maximum atomic E-state index is 13.7. The Balaban J connectivity index is 2.77. The predicted molar refractivity (Wildman–Crippen MR) is 68.2 cm³/mol. The summed E-state index contributed by atoms with van der Waals surface area (Å²) < 4.78 is 74.7. The van der Waals surface area contributed by atoms with Crippen molar-refractivity contribution < 1.29 is 26.0 Å². The van der Waals surface area contributed by atoms with Gasteiger partial charge in [-0.05, 0) is 18.2 Å². The minimum atomic E-state index is -4.73. The van der Waals surface area contributed by atoms with E-state index in [-0.39, 0.29) is 11.1 Å². The molecule has 0 heterocycles. The van der Waals surface area contributed by atoms with Gasteiger partial charge in [-0.3, -0.25) is 0 Å². The fraction of sp³-hybridized carbons (Fsp3) is 0.0769. The molecule has 0 bridgehead atoms. The van der Waals surface area contributed by atoms with Gasteiger partial charge in [-0.25, -0.2) is 17.9 Å². The van der Waals surface area contributed by atoms with Crippen molar-refractivity contribution in [3.63, 3.8) is 0 Å². The number of halogens is 4. The predicted octanol–water partition coefficient (Wildman–Crippen LogP) is 3.16. The van der Waals surface area contributed by atoms with Crippen molar-refractivity contribution in [3.05, 3.63) is 53.8 Å². The van der Waals surface area contributed by atoms with Crippen molar-refractivity contribution in [2.24, 2.45) is 5.14 Å². The molecule has 2 aromatic rings. The summed E-state index contributed by atoms with van der Waals surface area (Å²) in [6.07, 6.45) is -4.73. The van der Waals surface area contributed by atoms with E-state index in [1.165, 1.54) is 18.2 Å². The van der Waals surface area contributed by atoms with E-state index in [1.807, 2.05) is 0 Å². The standard InChI is InChI=1S/C13H9F4NO2S/c14-11-4-2-1-3-9(11)10-6-5-8(13(15,16)17)7-12(10)21(18,19)20/h1-7H,(H2,18,19,20). The number of hydrogen-bond donors (Lipinski definition) is 1. The molecule has 2 N–H and O–H groups in total. The third-order valence-electron chi connectivity index (χ3n) is 2.78. The zero-order valence-corrected chi connectivity index (χ0v) is 11.2. The zero-order chi connectivity index (χ0) is 15.8. The van der Waals surface area contributed by atoms with Crippen molar-refractivity contribution in [2.45, 2.75) is 11.1 Å². The zero-order valence-electron chi connectivity index (χ0n) is 10.4. The average molecular weight is 319 g/mol. The third-order valence-corrected chi connectivity index (χ3v) is 3.73. The van der Waals surface area contributed by atoms with E-state index >= 15 is 0 Å². The molecule has 0 radical (unpaired) electrons. The number of nitrogens with two attached hydrogens (primary N) is 1. The van der Waals surface area contributed by atoms with Crippen LogP contribution in [0.3, 0.4) is 0 Å². The summed E-state index contributed by atoms with van der Waals surface area (Å²) >= 11 is 0. The summed E-state index contributed by atoms with van der Waals surface area (Å²) in [6, 6.07) is 7.10. The van der Waals surface area contributed by atoms with Crippen molar-refractivity contribution in [1.82, 2.24) is 0 Å². The highest BCUT2D eigenvalue weighted by Gasteiger charge is 2.32. The highest BCUT2D eigenvalue weighted by molar-refractivity contribution is 7.89. The highest BCUT2D eigenvalue weighted by Crippen LogP contribution is 2.35. The minimum absolute atomic E-state index is 0.143. The van der Waals surface area contributed by atoms with E-state index in [2.05, 4.69) is 0 Å². The van der Waals surface area contributed by atoms with Crippen LogP contribution in [0.5, 0.6) is 0 Å². The molecule has 0 saturated heterocycles. The first-order valence-electron chi connectivity index (χ1n) is 5.59. The molecule has 112 valence electrons. The minimum Gasteiger partial charge on any atom is -0.225 e. The SMILES string of the molecule is NS(=O)(=O)c1cc(C(F)(F)F)ccc1-c1ccccc1F. The molecule has 0 spiro atoms. The molecule has 0 saturated carbocycles. The van der Waals surface area contributed by atoms with Crippen LogP contribution in [0, 0.1) is 5.82 Å². The summed E-state index contributed by atoms with van der Waals surface area (Å²) in [5.74, 6) is -0.762. The van der Waals surface area contributed by atoms with Gasteiger partial charge in [-0.1, -0.05) is 24.3 Å². The van der Waals surface area contributed by atoms with Crippen LogP contribution in [0.15, 0.2) is 47.4 Å². The smallest absolute Gasteiger partial charge is 0.225 e. The van der Waals surface area contributed by atoms with Gasteiger partial charge in [-0.15, -0.1) is 0 Å². The second kappa shape index (κ2) is 5.12. The summed E-state index contributed by atoms with van der Waals surface area (Å²) in [7, 11) is -4.45. The molecule has 8 heteroatoms. The largest absolute Gasteiger partial charge is 0.416 e. The van der Waals surface area contributed by atoms with Crippen LogP contribution in [0.4, 0.5) is 17.6 Å². The van der Waals surface area contributed by atoms with Crippen LogP contribution in [-0.2, 0) is 16.2 Å². The van der Waals surface area contributed by atoms with Gasteiger partial charge < -0.3 is 0 Å². The lowest BCUT2D eigenvalue weighted by atomic mass is 10.0. The number of hydrogen-bond acceptors (Lipinski definition) is 2. The maximum absolute atomic E-state index is 13.7. The average Bonchev–Trinajstić information content (AvgIpc) is 2.36.